The summed E-state index contributed by atoms with van der Waals surface area (Å²) in [5, 5.41) is 8.93. The maximum absolute atomic E-state index is 12.3. The average molecular weight is 243 g/mol. The van der Waals surface area contributed by atoms with E-state index in [-0.39, 0.29) is 18.4 Å². The molecule has 4 nitrogen and oxygen atoms in total. The Labute approximate surface area is 107 Å². The van der Waals surface area contributed by atoms with Gasteiger partial charge in [0.2, 0.25) is 5.91 Å². The number of amides is 1. The third-order valence-corrected chi connectivity index (χ3v) is 3.30. The first kappa shape index (κ1) is 12.4. The summed E-state index contributed by atoms with van der Waals surface area (Å²) in [5.41, 5.74) is 1.02. The van der Waals surface area contributed by atoms with Gasteiger partial charge in [0.05, 0.1) is 12.5 Å². The lowest BCUT2D eigenvalue weighted by Gasteiger charge is -2.30. The summed E-state index contributed by atoms with van der Waals surface area (Å²) in [4.78, 5) is 16.0. The predicted molar refractivity (Wildman–Crippen MR) is 70.1 cm³/mol. The number of carbonyl (C=O) groups is 1. The zero-order valence-corrected chi connectivity index (χ0v) is 10.5. The van der Waals surface area contributed by atoms with Crippen LogP contribution in [0.25, 0.3) is 0 Å². The molecule has 1 aliphatic heterocycles. The zero-order chi connectivity index (χ0) is 13.0. The van der Waals surface area contributed by atoms with Gasteiger partial charge in [-0.2, -0.15) is 5.26 Å². The van der Waals surface area contributed by atoms with Gasteiger partial charge in [-0.25, -0.2) is 0 Å². The molecule has 18 heavy (non-hydrogen) atoms. The molecule has 1 aromatic carbocycles. The van der Waals surface area contributed by atoms with Crippen LogP contribution in [-0.4, -0.2) is 37.0 Å². The van der Waals surface area contributed by atoms with Crippen molar-refractivity contribution in [2.75, 3.05) is 25.0 Å². The highest BCUT2D eigenvalue weighted by molar-refractivity contribution is 5.86. The first-order valence-corrected chi connectivity index (χ1v) is 6.17. The Morgan fingerprint density at radius 1 is 1.33 bits per heavy atom. The Balaban J connectivity index is 2.31. The molecule has 0 aliphatic carbocycles. The lowest BCUT2D eigenvalue weighted by atomic mass is 10.1. The van der Waals surface area contributed by atoms with Gasteiger partial charge in [-0.05, 0) is 18.6 Å². The number of carbonyl (C=O) groups excluding carboxylic acids is 1. The van der Waals surface area contributed by atoms with Crippen molar-refractivity contribution in [2.45, 2.75) is 18.9 Å². The van der Waals surface area contributed by atoms with E-state index in [0.29, 0.717) is 0 Å². The molecule has 4 heteroatoms. The van der Waals surface area contributed by atoms with Crippen LogP contribution in [0.2, 0.25) is 0 Å². The summed E-state index contributed by atoms with van der Waals surface area (Å²) in [6, 6.07) is 11.6. The fourth-order valence-electron chi connectivity index (χ4n) is 2.34. The number of benzene rings is 1. The van der Waals surface area contributed by atoms with Crippen molar-refractivity contribution in [1.82, 2.24) is 4.90 Å². The summed E-state index contributed by atoms with van der Waals surface area (Å²) < 4.78 is 0. The van der Waals surface area contributed by atoms with Crippen molar-refractivity contribution in [3.05, 3.63) is 30.3 Å². The van der Waals surface area contributed by atoms with Crippen LogP contribution in [0.1, 0.15) is 12.8 Å². The van der Waals surface area contributed by atoms with Crippen LogP contribution in [0, 0.1) is 11.3 Å². The van der Waals surface area contributed by atoms with Gasteiger partial charge < -0.3 is 9.80 Å². The molecule has 0 bridgehead atoms. The van der Waals surface area contributed by atoms with E-state index in [1.807, 2.05) is 30.3 Å². The lowest BCUT2D eigenvalue weighted by Crippen LogP contribution is -2.44. The number of anilines is 1. The number of nitrogens with zero attached hydrogens (tertiary/aromatic N) is 3. The number of nitriles is 1. The van der Waals surface area contributed by atoms with Crippen LogP contribution >= 0.6 is 0 Å². The monoisotopic (exact) mass is 243 g/mol. The Morgan fingerprint density at radius 3 is 2.72 bits per heavy atom. The summed E-state index contributed by atoms with van der Waals surface area (Å²) >= 11 is 0. The van der Waals surface area contributed by atoms with Gasteiger partial charge >= 0.3 is 0 Å². The fraction of sp³-hybridized carbons (Fsp3) is 0.429. The Kier molecular flexibility index (Phi) is 3.83. The number of rotatable bonds is 2. The van der Waals surface area contributed by atoms with Gasteiger partial charge in [0.25, 0.3) is 0 Å². The highest BCUT2D eigenvalue weighted by atomic mass is 16.2. The molecule has 0 aromatic heterocycles. The zero-order valence-electron chi connectivity index (χ0n) is 10.5. The van der Waals surface area contributed by atoms with Crippen LogP contribution in [0.5, 0.6) is 0 Å². The number of likely N-dealkylation sites (N-methyl/N-ethyl adjacent to an activating group) is 1. The minimum absolute atomic E-state index is 0.0397. The fourth-order valence-corrected chi connectivity index (χ4v) is 2.34. The summed E-state index contributed by atoms with van der Waals surface area (Å²) in [7, 11) is 1.81. The summed E-state index contributed by atoms with van der Waals surface area (Å²) in [5.74, 6) is 0.0397. The average Bonchev–Trinajstić information content (AvgIpc) is 2.54. The van der Waals surface area contributed by atoms with Crippen molar-refractivity contribution in [1.29, 1.82) is 5.26 Å². The normalized spacial score (nSPS) is 20.4. The summed E-state index contributed by atoms with van der Waals surface area (Å²) in [6.45, 7) is 1.57. The maximum Gasteiger partial charge on any atom is 0.246 e. The second kappa shape index (κ2) is 5.54. The minimum atomic E-state index is -0.357. The largest absolute Gasteiger partial charge is 0.359 e. The summed E-state index contributed by atoms with van der Waals surface area (Å²) in [6.07, 6.45) is 1.16. The Hall–Kier alpha value is -2.02. The molecular weight excluding hydrogens is 226 g/mol. The quantitative estimate of drug-likeness (QED) is 0.793. The molecule has 1 fully saturated rings. The molecule has 2 rings (SSSR count). The molecule has 1 aromatic rings. The topological polar surface area (TPSA) is 47.3 Å². The first-order chi connectivity index (χ1) is 8.74. The number of hydrogen-bond donors (Lipinski definition) is 0. The molecule has 94 valence electrons. The van der Waals surface area contributed by atoms with Gasteiger partial charge in [0.15, 0.2) is 0 Å². The smallest absolute Gasteiger partial charge is 0.246 e. The SMILES string of the molecule is CN1CCCN(c2ccccc2)C(CC#N)C1=O. The van der Waals surface area contributed by atoms with Gasteiger partial charge in [-0.15, -0.1) is 0 Å². The van der Waals surface area contributed by atoms with E-state index in [0.717, 1.165) is 25.2 Å². The third-order valence-electron chi connectivity index (χ3n) is 3.30. The van der Waals surface area contributed by atoms with Crippen LogP contribution < -0.4 is 4.90 Å². The van der Waals surface area contributed by atoms with Crippen LogP contribution in [0.15, 0.2) is 30.3 Å². The standard InChI is InChI=1S/C14H17N3O/c1-16-10-5-11-17(12-6-3-2-4-7-12)13(8-9-15)14(16)18/h2-4,6-7,13H,5,8,10-11H2,1H3. The van der Waals surface area contributed by atoms with Gasteiger partial charge in [0.1, 0.15) is 6.04 Å². The first-order valence-electron chi connectivity index (χ1n) is 6.17. The molecule has 0 radical (unpaired) electrons. The molecule has 1 amide bonds. The van der Waals surface area contributed by atoms with Gasteiger partial charge in [0, 0.05) is 25.8 Å². The van der Waals surface area contributed by atoms with Crippen molar-refractivity contribution in [3.8, 4) is 6.07 Å². The highest BCUT2D eigenvalue weighted by Gasteiger charge is 2.30. The minimum Gasteiger partial charge on any atom is -0.359 e. The van der Waals surface area contributed by atoms with Crippen molar-refractivity contribution in [2.24, 2.45) is 0 Å². The number of hydrogen-bond acceptors (Lipinski definition) is 3. The molecule has 1 saturated heterocycles. The van der Waals surface area contributed by atoms with E-state index in [4.69, 9.17) is 5.26 Å². The molecule has 1 unspecified atom stereocenters. The van der Waals surface area contributed by atoms with Gasteiger partial charge in [-0.1, -0.05) is 18.2 Å². The molecule has 0 N–H and O–H groups in total. The molecule has 1 heterocycles. The Bertz CT molecular complexity index is 452. The second-order valence-electron chi connectivity index (χ2n) is 4.52. The maximum atomic E-state index is 12.3. The number of para-hydroxylation sites is 1. The van der Waals surface area contributed by atoms with E-state index >= 15 is 0 Å². The van der Waals surface area contributed by atoms with Crippen molar-refractivity contribution in [3.63, 3.8) is 0 Å². The second-order valence-corrected chi connectivity index (χ2v) is 4.52. The van der Waals surface area contributed by atoms with Crippen molar-refractivity contribution >= 4 is 11.6 Å². The lowest BCUT2D eigenvalue weighted by molar-refractivity contribution is -0.130. The molecular formula is C14H17N3O. The van der Waals surface area contributed by atoms with E-state index < -0.39 is 0 Å². The molecule has 1 aliphatic rings. The van der Waals surface area contributed by atoms with Crippen LogP contribution in [0.3, 0.4) is 0 Å². The molecule has 0 saturated carbocycles. The Morgan fingerprint density at radius 2 is 2.06 bits per heavy atom. The van der Waals surface area contributed by atoms with E-state index in [1.165, 1.54) is 0 Å². The molecule has 0 spiro atoms. The molecule has 1 atom stereocenters. The highest BCUT2D eigenvalue weighted by Crippen LogP contribution is 2.22. The third kappa shape index (κ3) is 2.45. The van der Waals surface area contributed by atoms with Crippen molar-refractivity contribution < 1.29 is 4.79 Å². The van der Waals surface area contributed by atoms with Crippen LogP contribution in [0.4, 0.5) is 5.69 Å². The van der Waals surface area contributed by atoms with E-state index in [2.05, 4.69) is 11.0 Å². The van der Waals surface area contributed by atoms with E-state index in [9.17, 15) is 4.79 Å². The predicted octanol–water partition coefficient (Wildman–Crippen LogP) is 1.64. The van der Waals surface area contributed by atoms with E-state index in [1.54, 1.807) is 11.9 Å². The van der Waals surface area contributed by atoms with Gasteiger partial charge in [-0.3, -0.25) is 4.79 Å². The van der Waals surface area contributed by atoms with Crippen LogP contribution in [-0.2, 0) is 4.79 Å².